The Morgan fingerprint density at radius 3 is 2.47 bits per heavy atom. The van der Waals surface area contributed by atoms with Gasteiger partial charge in [0.05, 0.1) is 0 Å². The molecule has 0 saturated heterocycles. The van der Waals surface area contributed by atoms with E-state index in [4.69, 9.17) is 0 Å². The number of carbonyl (C=O) groups is 1. The average molecular weight is 225 g/mol. The van der Waals surface area contributed by atoms with Crippen LogP contribution in [-0.4, -0.2) is 5.91 Å². The van der Waals surface area contributed by atoms with Gasteiger partial charge in [0, 0.05) is 12.6 Å². The third-order valence-corrected chi connectivity index (χ3v) is 2.66. The van der Waals surface area contributed by atoms with Crippen molar-refractivity contribution in [1.29, 1.82) is 0 Å². The van der Waals surface area contributed by atoms with Crippen molar-refractivity contribution in [1.82, 2.24) is 5.32 Å². The number of hydrogen-bond donors (Lipinski definition) is 1. The van der Waals surface area contributed by atoms with Crippen LogP contribution in [0.15, 0.2) is 48.5 Å². The van der Waals surface area contributed by atoms with E-state index in [9.17, 15) is 4.79 Å². The van der Waals surface area contributed by atoms with E-state index in [0.717, 1.165) is 11.3 Å². The van der Waals surface area contributed by atoms with Crippen molar-refractivity contribution in [2.45, 2.75) is 13.8 Å². The molecule has 2 rings (SSSR count). The largest absolute Gasteiger partial charge is 0.326 e. The Kier molecular flexibility index (Phi) is 3.24. The van der Waals surface area contributed by atoms with Gasteiger partial charge in [0.2, 0.25) is 5.91 Å². The Balaban J connectivity index is 2.45. The zero-order chi connectivity index (χ0) is 12.3. The van der Waals surface area contributed by atoms with Crippen molar-refractivity contribution in [2.24, 2.45) is 0 Å². The van der Waals surface area contributed by atoms with Crippen LogP contribution in [-0.2, 0) is 4.79 Å². The number of rotatable bonds is 2. The fraction of sp³-hybridized carbons (Fsp3) is 0.133. The molecule has 0 saturated carbocycles. The number of nitrogens with one attached hydrogen (secondary N) is 1. The van der Waals surface area contributed by atoms with Gasteiger partial charge in [-0.25, -0.2) is 0 Å². The molecule has 2 heteroatoms. The van der Waals surface area contributed by atoms with Gasteiger partial charge in [-0.05, 0) is 29.3 Å². The Bertz CT molecular complexity index is 584. The summed E-state index contributed by atoms with van der Waals surface area (Å²) in [4.78, 5) is 11.1. The van der Waals surface area contributed by atoms with Gasteiger partial charge in [-0.1, -0.05) is 42.5 Å². The monoisotopic (exact) mass is 225 g/mol. The van der Waals surface area contributed by atoms with Gasteiger partial charge in [-0.15, -0.1) is 0 Å². The predicted octanol–water partition coefficient (Wildman–Crippen LogP) is 3.34. The Morgan fingerprint density at radius 2 is 1.82 bits per heavy atom. The van der Waals surface area contributed by atoms with Gasteiger partial charge in [-0.2, -0.15) is 0 Å². The molecule has 0 aromatic heterocycles. The molecule has 86 valence electrons. The van der Waals surface area contributed by atoms with E-state index in [0.29, 0.717) is 0 Å². The topological polar surface area (TPSA) is 29.1 Å². The van der Waals surface area contributed by atoms with Crippen LogP contribution in [0.5, 0.6) is 0 Å². The third-order valence-electron chi connectivity index (χ3n) is 2.66. The van der Waals surface area contributed by atoms with Crippen molar-refractivity contribution in [3.8, 4) is 0 Å². The van der Waals surface area contributed by atoms with Crippen molar-refractivity contribution >= 4 is 22.4 Å². The maximum Gasteiger partial charge on any atom is 0.221 e. The molecule has 0 aliphatic carbocycles. The quantitative estimate of drug-likeness (QED) is 0.834. The summed E-state index contributed by atoms with van der Waals surface area (Å²) in [6.45, 7) is 3.44. The summed E-state index contributed by atoms with van der Waals surface area (Å²) in [5, 5.41) is 5.21. The first kappa shape index (κ1) is 11.4. The van der Waals surface area contributed by atoms with Crippen molar-refractivity contribution in [3.63, 3.8) is 0 Å². The van der Waals surface area contributed by atoms with Gasteiger partial charge in [0.25, 0.3) is 0 Å². The first-order valence-electron chi connectivity index (χ1n) is 5.64. The zero-order valence-corrected chi connectivity index (χ0v) is 10.0. The fourth-order valence-corrected chi connectivity index (χ4v) is 1.86. The fourth-order valence-electron chi connectivity index (χ4n) is 1.86. The number of hydrogen-bond acceptors (Lipinski definition) is 1. The minimum Gasteiger partial charge on any atom is -0.326 e. The highest BCUT2D eigenvalue weighted by atomic mass is 16.1. The van der Waals surface area contributed by atoms with Crippen LogP contribution in [0.4, 0.5) is 0 Å². The average Bonchev–Trinajstić information content (AvgIpc) is 2.35. The van der Waals surface area contributed by atoms with E-state index < -0.39 is 0 Å². The van der Waals surface area contributed by atoms with Crippen LogP contribution < -0.4 is 5.32 Å². The highest BCUT2D eigenvalue weighted by molar-refractivity contribution is 5.89. The number of benzene rings is 2. The Hall–Kier alpha value is -2.09. The lowest BCUT2D eigenvalue weighted by atomic mass is 10.0. The molecule has 0 fully saturated rings. The molecule has 1 amide bonds. The van der Waals surface area contributed by atoms with Crippen LogP contribution in [0.25, 0.3) is 16.5 Å². The molecule has 0 aliphatic heterocycles. The number of fused-ring (bicyclic) bond motifs is 1. The summed E-state index contributed by atoms with van der Waals surface area (Å²) in [6.07, 6.45) is 1.91. The van der Waals surface area contributed by atoms with E-state index in [-0.39, 0.29) is 5.91 Å². The maximum absolute atomic E-state index is 11.1. The summed E-state index contributed by atoms with van der Waals surface area (Å²) < 4.78 is 0. The summed E-state index contributed by atoms with van der Waals surface area (Å²) in [6, 6.07) is 14.4. The lowest BCUT2D eigenvalue weighted by molar-refractivity contribution is -0.117. The highest BCUT2D eigenvalue weighted by Crippen LogP contribution is 2.19. The third kappa shape index (κ3) is 2.53. The molecule has 0 radical (unpaired) electrons. The van der Waals surface area contributed by atoms with E-state index in [1.807, 2.05) is 31.2 Å². The van der Waals surface area contributed by atoms with Crippen molar-refractivity contribution in [2.75, 3.05) is 0 Å². The second-order valence-electron chi connectivity index (χ2n) is 3.95. The van der Waals surface area contributed by atoms with Crippen LogP contribution in [0.2, 0.25) is 0 Å². The molecule has 0 aliphatic rings. The van der Waals surface area contributed by atoms with Crippen LogP contribution in [0.3, 0.4) is 0 Å². The van der Waals surface area contributed by atoms with Gasteiger partial charge >= 0.3 is 0 Å². The second kappa shape index (κ2) is 4.83. The Morgan fingerprint density at radius 1 is 1.12 bits per heavy atom. The molecule has 0 atom stereocenters. The molecule has 0 unspecified atom stereocenters. The summed E-state index contributed by atoms with van der Waals surface area (Å²) >= 11 is 0. The molecule has 0 bridgehead atoms. The standard InChI is InChI=1S/C15H15NO/c1-3-15(16-11(2)17)14-9-8-12-6-4-5-7-13(12)10-14/h3-10H,1-2H3,(H,16,17). The maximum atomic E-state index is 11.1. The minimum atomic E-state index is -0.0498. The van der Waals surface area contributed by atoms with Crippen molar-refractivity contribution < 1.29 is 4.79 Å². The second-order valence-corrected chi connectivity index (χ2v) is 3.95. The molecule has 0 heterocycles. The van der Waals surface area contributed by atoms with E-state index in [1.165, 1.54) is 17.7 Å². The van der Waals surface area contributed by atoms with Crippen molar-refractivity contribution in [3.05, 3.63) is 54.1 Å². The molecule has 2 aromatic carbocycles. The lowest BCUT2D eigenvalue weighted by Gasteiger charge is -2.09. The van der Waals surface area contributed by atoms with E-state index >= 15 is 0 Å². The zero-order valence-electron chi connectivity index (χ0n) is 10.0. The minimum absolute atomic E-state index is 0.0498. The van der Waals surface area contributed by atoms with Gasteiger partial charge < -0.3 is 5.32 Å². The van der Waals surface area contributed by atoms with Gasteiger partial charge in [0.15, 0.2) is 0 Å². The molecular formula is C15H15NO. The number of allylic oxidation sites excluding steroid dienone is 1. The summed E-state index contributed by atoms with van der Waals surface area (Å²) in [5.74, 6) is -0.0498. The lowest BCUT2D eigenvalue weighted by Crippen LogP contribution is -2.17. The van der Waals surface area contributed by atoms with Gasteiger partial charge in [0.1, 0.15) is 0 Å². The number of carbonyl (C=O) groups excluding carboxylic acids is 1. The smallest absolute Gasteiger partial charge is 0.221 e. The Labute approximate surface area is 101 Å². The predicted molar refractivity (Wildman–Crippen MR) is 71.4 cm³/mol. The molecule has 2 aromatic rings. The first-order chi connectivity index (χ1) is 8.20. The van der Waals surface area contributed by atoms with Crippen LogP contribution in [0.1, 0.15) is 19.4 Å². The SMILES string of the molecule is CC=C(NC(C)=O)c1ccc2ccccc2c1. The number of amides is 1. The van der Waals surface area contributed by atoms with E-state index in [1.54, 1.807) is 0 Å². The highest BCUT2D eigenvalue weighted by Gasteiger charge is 2.03. The summed E-state index contributed by atoms with van der Waals surface area (Å²) in [7, 11) is 0. The molecule has 1 N–H and O–H groups in total. The normalized spacial score (nSPS) is 11.5. The van der Waals surface area contributed by atoms with Crippen LogP contribution >= 0.6 is 0 Å². The first-order valence-corrected chi connectivity index (χ1v) is 5.64. The molecule has 17 heavy (non-hydrogen) atoms. The van der Waals surface area contributed by atoms with Crippen LogP contribution in [0, 0.1) is 0 Å². The molecular weight excluding hydrogens is 210 g/mol. The van der Waals surface area contributed by atoms with E-state index in [2.05, 4.69) is 29.6 Å². The molecule has 0 spiro atoms. The molecule has 2 nitrogen and oxygen atoms in total. The summed E-state index contributed by atoms with van der Waals surface area (Å²) in [5.41, 5.74) is 1.88. The van der Waals surface area contributed by atoms with Gasteiger partial charge in [-0.3, -0.25) is 4.79 Å².